The van der Waals surface area contributed by atoms with Gasteiger partial charge < -0.3 is 23.8 Å². The van der Waals surface area contributed by atoms with Crippen LogP contribution in [0, 0.1) is 5.92 Å². The molecule has 0 aliphatic heterocycles. The van der Waals surface area contributed by atoms with Gasteiger partial charge in [-0.1, -0.05) is 103 Å². The highest BCUT2D eigenvalue weighted by molar-refractivity contribution is 7.53. The molecule has 0 heterocycles. The van der Waals surface area contributed by atoms with Crippen LogP contribution < -0.4 is 5.32 Å². The lowest BCUT2D eigenvalue weighted by molar-refractivity contribution is -0.150. The van der Waals surface area contributed by atoms with Crippen LogP contribution in [0.15, 0.2) is 115 Å². The molecule has 0 aromatic heterocycles. The predicted molar refractivity (Wildman–Crippen MR) is 179 cm³/mol. The number of carbonyl (C=O) groups is 3. The molecule has 2 atom stereocenters. The van der Waals surface area contributed by atoms with Crippen LogP contribution in [-0.4, -0.2) is 30.6 Å². The number of rotatable bonds is 18. The second-order valence-corrected chi connectivity index (χ2v) is 13.1. The van der Waals surface area contributed by atoms with Gasteiger partial charge in [0.15, 0.2) is 0 Å². The number of nitrogens with one attached hydrogen (secondary N) is 1. The lowest BCUT2D eigenvalue weighted by Crippen LogP contribution is -2.24. The third-order valence-electron chi connectivity index (χ3n) is 7.16. The van der Waals surface area contributed by atoms with E-state index >= 15 is 0 Å². The number of hydrogen-bond acceptors (Lipinski definition) is 8. The summed E-state index contributed by atoms with van der Waals surface area (Å²) in [6.07, 6.45) is 0.0834. The van der Waals surface area contributed by atoms with E-state index in [1.807, 2.05) is 103 Å². The number of benzene rings is 4. The fourth-order valence-electron chi connectivity index (χ4n) is 4.65. The van der Waals surface area contributed by atoms with E-state index in [1.165, 1.54) is 6.92 Å². The molecule has 0 saturated carbocycles. The Labute approximate surface area is 275 Å². The molecule has 47 heavy (non-hydrogen) atoms. The average Bonchev–Trinajstić information content (AvgIpc) is 3.09. The van der Waals surface area contributed by atoms with Crippen molar-refractivity contribution in [1.29, 1.82) is 0 Å². The Hall–Kier alpha value is -4.56. The molecule has 9 nitrogen and oxygen atoms in total. The summed E-state index contributed by atoms with van der Waals surface area (Å²) in [6.45, 7) is 1.63. The number of carbonyl (C=O) groups excluding carboxylic acids is 3. The van der Waals surface area contributed by atoms with E-state index in [0.29, 0.717) is 12.1 Å². The Balaban J connectivity index is 1.45. The molecule has 1 unspecified atom stereocenters. The molecule has 0 bridgehead atoms. The van der Waals surface area contributed by atoms with Crippen molar-refractivity contribution in [3.63, 3.8) is 0 Å². The molecule has 0 radical (unpaired) electrons. The first-order chi connectivity index (χ1) is 22.8. The summed E-state index contributed by atoms with van der Waals surface area (Å²) in [5.74, 6) is -2.22. The summed E-state index contributed by atoms with van der Waals surface area (Å²) >= 11 is 0. The molecule has 10 heteroatoms. The van der Waals surface area contributed by atoms with Crippen molar-refractivity contribution in [2.24, 2.45) is 5.92 Å². The molecular weight excluding hydrogens is 617 g/mol. The van der Waals surface area contributed by atoms with Crippen molar-refractivity contribution in [3.8, 4) is 0 Å². The molecule has 1 amide bonds. The van der Waals surface area contributed by atoms with Crippen LogP contribution in [0.4, 0.5) is 5.69 Å². The van der Waals surface area contributed by atoms with Crippen LogP contribution in [0.25, 0.3) is 0 Å². The molecule has 0 fully saturated rings. The monoisotopic (exact) mass is 657 g/mol. The summed E-state index contributed by atoms with van der Waals surface area (Å²) in [5, 5.41) is 2.72. The number of amides is 1. The van der Waals surface area contributed by atoms with E-state index in [4.69, 9.17) is 18.5 Å². The minimum atomic E-state index is -3.89. The highest BCUT2D eigenvalue weighted by Crippen LogP contribution is 2.51. The van der Waals surface area contributed by atoms with Gasteiger partial charge in [0, 0.05) is 19.0 Å². The average molecular weight is 658 g/mol. The Morgan fingerprint density at radius 3 is 1.74 bits per heavy atom. The molecule has 0 saturated heterocycles. The van der Waals surface area contributed by atoms with Gasteiger partial charge in [-0.05, 0) is 47.2 Å². The Morgan fingerprint density at radius 1 is 0.660 bits per heavy atom. The summed E-state index contributed by atoms with van der Waals surface area (Å²) in [4.78, 5) is 37.4. The van der Waals surface area contributed by atoms with Crippen molar-refractivity contribution in [3.05, 3.63) is 138 Å². The Kier molecular flexibility index (Phi) is 13.9. The smallest absolute Gasteiger partial charge is 0.331 e. The van der Waals surface area contributed by atoms with E-state index in [0.717, 1.165) is 22.3 Å². The van der Waals surface area contributed by atoms with Crippen LogP contribution in [0.2, 0.25) is 0 Å². The fraction of sp³-hybridized carbons (Fsp3) is 0.270. The van der Waals surface area contributed by atoms with Crippen LogP contribution in [-0.2, 0) is 63.7 Å². The van der Waals surface area contributed by atoms with Crippen LogP contribution in [0.1, 0.15) is 42.0 Å². The zero-order valence-corrected chi connectivity index (χ0v) is 27.3. The first kappa shape index (κ1) is 35.3. The second kappa shape index (κ2) is 18.6. The number of esters is 2. The molecular formula is C37H40NO8P. The van der Waals surface area contributed by atoms with Gasteiger partial charge in [0.2, 0.25) is 5.91 Å². The zero-order chi connectivity index (χ0) is 33.3. The second-order valence-electron chi connectivity index (χ2n) is 11.0. The minimum absolute atomic E-state index is 0.00836. The van der Waals surface area contributed by atoms with E-state index in [2.05, 4.69) is 5.32 Å². The minimum Gasteiger partial charge on any atom is -0.461 e. The number of ether oxygens (including phenoxy) is 2. The van der Waals surface area contributed by atoms with Gasteiger partial charge in [-0.15, -0.1) is 0 Å². The Morgan fingerprint density at radius 2 is 1.19 bits per heavy atom. The predicted octanol–water partition coefficient (Wildman–Crippen LogP) is 7.50. The largest absolute Gasteiger partial charge is 0.461 e. The topological polar surface area (TPSA) is 117 Å². The molecule has 4 rings (SSSR count). The molecule has 4 aromatic carbocycles. The van der Waals surface area contributed by atoms with Crippen molar-refractivity contribution in [2.45, 2.75) is 46.0 Å². The lowest BCUT2D eigenvalue weighted by Gasteiger charge is -2.23. The quantitative estimate of drug-likeness (QED) is 0.0864. The molecule has 0 aliphatic carbocycles. The van der Waals surface area contributed by atoms with Gasteiger partial charge in [0.05, 0.1) is 25.3 Å². The lowest BCUT2D eigenvalue weighted by atomic mass is 10.1. The first-order valence-electron chi connectivity index (χ1n) is 15.5. The zero-order valence-electron chi connectivity index (χ0n) is 26.4. The maximum Gasteiger partial charge on any atom is 0.331 e. The van der Waals surface area contributed by atoms with E-state index < -0.39 is 25.5 Å². The van der Waals surface area contributed by atoms with Crippen LogP contribution in [0.3, 0.4) is 0 Å². The fourth-order valence-corrected chi connectivity index (χ4v) is 6.52. The van der Waals surface area contributed by atoms with Crippen molar-refractivity contribution >= 4 is 31.1 Å². The van der Waals surface area contributed by atoms with Crippen LogP contribution >= 0.6 is 7.60 Å². The number of hydrogen-bond donors (Lipinski definition) is 1. The molecule has 1 N–H and O–H groups in total. The van der Waals surface area contributed by atoms with Crippen molar-refractivity contribution in [2.75, 3.05) is 18.1 Å². The standard InChI is InChI=1S/C37H40NO8P/c1-29(39)38-35-20-17-30(18-21-35)23-24-45-47(42,46-27-33-15-9-4-10-16-33)28-34(37(41)44-26-32-13-7-3-8-14-32)19-22-36(40)43-25-31-11-5-2-6-12-31/h2-18,20-21,34H,19,22-28H2,1H3,(H,38,39)/t34-,47?/m1/s1. The maximum absolute atomic E-state index is 14.3. The SMILES string of the molecule is CC(=O)Nc1ccc(CCOP(=O)(C[C@@H](CCC(=O)OCc2ccccc2)C(=O)OCc2ccccc2)OCc2ccccc2)cc1. The number of anilines is 1. The maximum atomic E-state index is 14.3. The van der Waals surface area contributed by atoms with Gasteiger partial charge in [-0.25, -0.2) is 0 Å². The van der Waals surface area contributed by atoms with Crippen molar-refractivity contribution < 1.29 is 37.5 Å². The normalized spacial score (nSPS) is 12.8. The summed E-state index contributed by atoms with van der Waals surface area (Å²) in [7, 11) is -3.89. The van der Waals surface area contributed by atoms with Gasteiger partial charge in [0.1, 0.15) is 13.2 Å². The van der Waals surface area contributed by atoms with E-state index in [1.54, 1.807) is 12.1 Å². The summed E-state index contributed by atoms with van der Waals surface area (Å²) < 4.78 is 37.2. The molecule has 246 valence electrons. The van der Waals surface area contributed by atoms with Crippen LogP contribution in [0.5, 0.6) is 0 Å². The van der Waals surface area contributed by atoms with Gasteiger partial charge >= 0.3 is 19.5 Å². The van der Waals surface area contributed by atoms with Gasteiger partial charge in [-0.2, -0.15) is 0 Å². The summed E-state index contributed by atoms with van der Waals surface area (Å²) in [5.41, 5.74) is 3.99. The Bertz CT molecular complexity index is 1600. The molecule has 0 aliphatic rings. The third-order valence-corrected chi connectivity index (χ3v) is 9.15. The molecule has 4 aromatic rings. The van der Waals surface area contributed by atoms with Gasteiger partial charge in [-0.3, -0.25) is 18.9 Å². The van der Waals surface area contributed by atoms with E-state index in [9.17, 15) is 18.9 Å². The van der Waals surface area contributed by atoms with Gasteiger partial charge in [0.25, 0.3) is 0 Å². The first-order valence-corrected chi connectivity index (χ1v) is 17.2. The summed E-state index contributed by atoms with van der Waals surface area (Å²) in [6, 6.07) is 35.0. The molecule has 0 spiro atoms. The highest BCUT2D eigenvalue weighted by atomic mass is 31.2. The van der Waals surface area contributed by atoms with E-state index in [-0.39, 0.29) is 51.3 Å². The third kappa shape index (κ3) is 13.0. The van der Waals surface area contributed by atoms with Crippen molar-refractivity contribution in [1.82, 2.24) is 0 Å². The highest BCUT2D eigenvalue weighted by Gasteiger charge is 2.34.